The molecule has 0 amide bonds. The number of aromatic nitrogens is 3. The molecular weight excluding hydrogens is 370 g/mol. The summed E-state index contributed by atoms with van der Waals surface area (Å²) in [6.07, 6.45) is 0. The normalized spacial score (nSPS) is 15.9. The summed E-state index contributed by atoms with van der Waals surface area (Å²) in [5.41, 5.74) is 2.52. The SMILES string of the molecule is CN1c2ccccc2SC1Nc1ccc2nnn(C(C(=O)O)C(=O)O)c2c1. The molecule has 1 aromatic heterocycles. The quantitative estimate of drug-likeness (QED) is 0.567. The van der Waals surface area contributed by atoms with E-state index in [2.05, 4.69) is 20.5 Å². The Hall–Kier alpha value is -3.27. The van der Waals surface area contributed by atoms with Crippen LogP contribution in [0.4, 0.5) is 11.4 Å². The first-order chi connectivity index (χ1) is 13.0. The molecule has 138 valence electrons. The Morgan fingerprint density at radius 2 is 1.93 bits per heavy atom. The van der Waals surface area contributed by atoms with Crippen LogP contribution < -0.4 is 10.2 Å². The van der Waals surface area contributed by atoms with Gasteiger partial charge in [0.15, 0.2) is 5.50 Å². The molecule has 9 nitrogen and oxygen atoms in total. The number of carboxylic acid groups (broad SMARTS) is 2. The molecule has 0 bridgehead atoms. The van der Waals surface area contributed by atoms with Gasteiger partial charge < -0.3 is 20.4 Å². The van der Waals surface area contributed by atoms with Crippen molar-refractivity contribution in [2.45, 2.75) is 16.4 Å². The van der Waals surface area contributed by atoms with Crippen LogP contribution in [0, 0.1) is 0 Å². The molecule has 3 N–H and O–H groups in total. The summed E-state index contributed by atoms with van der Waals surface area (Å²) in [6, 6.07) is 11.3. The van der Waals surface area contributed by atoms with E-state index in [1.807, 2.05) is 31.3 Å². The molecule has 0 saturated heterocycles. The number of hydrogen-bond donors (Lipinski definition) is 3. The van der Waals surface area contributed by atoms with Crippen molar-refractivity contribution in [1.29, 1.82) is 0 Å². The van der Waals surface area contributed by atoms with E-state index >= 15 is 0 Å². The fourth-order valence-corrected chi connectivity index (χ4v) is 4.17. The van der Waals surface area contributed by atoms with Crippen LogP contribution in [-0.2, 0) is 9.59 Å². The fraction of sp³-hybridized carbons (Fsp3) is 0.176. The maximum Gasteiger partial charge on any atom is 0.340 e. The van der Waals surface area contributed by atoms with Crippen molar-refractivity contribution in [2.75, 3.05) is 17.3 Å². The zero-order valence-electron chi connectivity index (χ0n) is 14.1. The molecule has 0 spiro atoms. The van der Waals surface area contributed by atoms with E-state index < -0.39 is 18.0 Å². The first kappa shape index (κ1) is 17.2. The number of thioether (sulfide) groups is 1. The third-order valence-electron chi connectivity index (χ3n) is 4.31. The number of anilines is 2. The molecule has 0 saturated carbocycles. The first-order valence-corrected chi connectivity index (χ1v) is 8.89. The average Bonchev–Trinajstić information content (AvgIpc) is 3.17. The predicted molar refractivity (Wildman–Crippen MR) is 99.9 cm³/mol. The number of hydrogen-bond acceptors (Lipinski definition) is 7. The number of carbonyl (C=O) groups is 2. The van der Waals surface area contributed by atoms with Crippen LogP contribution in [0.1, 0.15) is 6.04 Å². The molecule has 1 atom stereocenters. The fourth-order valence-electron chi connectivity index (χ4n) is 2.97. The second-order valence-electron chi connectivity index (χ2n) is 6.01. The Bertz CT molecular complexity index is 1040. The molecule has 4 rings (SSSR count). The molecule has 1 aliphatic heterocycles. The van der Waals surface area contributed by atoms with Crippen LogP contribution in [0.5, 0.6) is 0 Å². The summed E-state index contributed by atoms with van der Waals surface area (Å²) in [5, 5.41) is 29.4. The lowest BCUT2D eigenvalue weighted by Gasteiger charge is -2.23. The minimum atomic E-state index is -1.84. The number of para-hydroxylation sites is 1. The van der Waals surface area contributed by atoms with Crippen molar-refractivity contribution in [3.8, 4) is 0 Å². The van der Waals surface area contributed by atoms with Crippen LogP contribution in [-0.4, -0.2) is 49.7 Å². The van der Waals surface area contributed by atoms with Gasteiger partial charge in [0, 0.05) is 17.6 Å². The molecule has 3 aromatic rings. The van der Waals surface area contributed by atoms with E-state index in [0.29, 0.717) is 16.7 Å². The molecular formula is C17H15N5O4S. The topological polar surface area (TPSA) is 121 Å². The number of nitrogens with one attached hydrogen (secondary N) is 1. The minimum Gasteiger partial charge on any atom is -0.479 e. The van der Waals surface area contributed by atoms with Crippen molar-refractivity contribution in [2.24, 2.45) is 0 Å². The van der Waals surface area contributed by atoms with Gasteiger partial charge in [0.05, 0.1) is 11.2 Å². The molecule has 1 unspecified atom stereocenters. The van der Waals surface area contributed by atoms with Gasteiger partial charge >= 0.3 is 11.9 Å². The Morgan fingerprint density at radius 1 is 1.19 bits per heavy atom. The summed E-state index contributed by atoms with van der Waals surface area (Å²) in [5.74, 6) is -3.01. The van der Waals surface area contributed by atoms with Gasteiger partial charge in [-0.2, -0.15) is 0 Å². The van der Waals surface area contributed by atoms with Crippen LogP contribution >= 0.6 is 11.8 Å². The standard InChI is InChI=1S/C17H15N5O4S/c1-21-11-4-2-3-5-13(11)27-17(21)18-9-6-7-10-12(8-9)22(20-19-10)14(15(23)24)16(25)26/h2-8,14,17-18H,1H3,(H,23,24)(H,25,26). The molecule has 27 heavy (non-hydrogen) atoms. The minimum absolute atomic E-state index is 0.0566. The van der Waals surface area contributed by atoms with Gasteiger partial charge in [-0.3, -0.25) is 0 Å². The molecule has 0 aliphatic carbocycles. The predicted octanol–water partition coefficient (Wildman–Crippen LogP) is 2.08. The monoisotopic (exact) mass is 385 g/mol. The lowest BCUT2D eigenvalue weighted by Crippen LogP contribution is -2.31. The molecule has 2 heterocycles. The zero-order chi connectivity index (χ0) is 19.1. The highest BCUT2D eigenvalue weighted by Gasteiger charge is 2.31. The van der Waals surface area contributed by atoms with Crippen LogP contribution in [0.25, 0.3) is 11.0 Å². The Labute approximate surface area is 157 Å². The number of aliphatic carboxylic acids is 2. The average molecular weight is 385 g/mol. The van der Waals surface area contributed by atoms with E-state index in [1.54, 1.807) is 30.0 Å². The third kappa shape index (κ3) is 2.93. The van der Waals surface area contributed by atoms with Crippen LogP contribution in [0.3, 0.4) is 0 Å². The van der Waals surface area contributed by atoms with Crippen molar-refractivity contribution < 1.29 is 19.8 Å². The zero-order valence-corrected chi connectivity index (χ0v) is 14.9. The van der Waals surface area contributed by atoms with E-state index in [0.717, 1.165) is 15.3 Å². The van der Waals surface area contributed by atoms with E-state index in [4.69, 9.17) is 0 Å². The molecule has 0 radical (unpaired) electrons. The van der Waals surface area contributed by atoms with E-state index in [9.17, 15) is 19.8 Å². The molecule has 0 fully saturated rings. The maximum absolute atomic E-state index is 11.3. The number of fused-ring (bicyclic) bond motifs is 2. The number of nitrogens with zero attached hydrogens (tertiary/aromatic N) is 4. The Kier molecular flexibility index (Phi) is 4.11. The molecule has 1 aliphatic rings. The van der Waals surface area contributed by atoms with Gasteiger partial charge in [0.25, 0.3) is 0 Å². The largest absolute Gasteiger partial charge is 0.479 e. The van der Waals surface area contributed by atoms with Gasteiger partial charge in [-0.05, 0) is 30.3 Å². The van der Waals surface area contributed by atoms with Gasteiger partial charge in [0.1, 0.15) is 5.52 Å². The number of benzene rings is 2. The highest BCUT2D eigenvalue weighted by atomic mass is 32.2. The second kappa shape index (κ2) is 6.47. The van der Waals surface area contributed by atoms with Crippen LogP contribution in [0.15, 0.2) is 47.4 Å². The molecule has 10 heteroatoms. The van der Waals surface area contributed by atoms with Gasteiger partial charge in [-0.15, -0.1) is 5.10 Å². The van der Waals surface area contributed by atoms with Crippen molar-refractivity contribution in [1.82, 2.24) is 15.0 Å². The summed E-state index contributed by atoms with van der Waals surface area (Å²) >= 11 is 1.66. The first-order valence-electron chi connectivity index (χ1n) is 8.01. The summed E-state index contributed by atoms with van der Waals surface area (Å²) in [4.78, 5) is 25.9. The van der Waals surface area contributed by atoms with Gasteiger partial charge in [-0.25, -0.2) is 14.3 Å². The number of carboxylic acids is 2. The van der Waals surface area contributed by atoms with E-state index in [-0.39, 0.29) is 5.50 Å². The second-order valence-corrected chi connectivity index (χ2v) is 7.13. The van der Waals surface area contributed by atoms with Crippen molar-refractivity contribution >= 4 is 46.1 Å². The third-order valence-corrected chi connectivity index (χ3v) is 5.57. The molecule has 2 aromatic carbocycles. The highest BCUT2D eigenvalue weighted by Crippen LogP contribution is 2.42. The number of rotatable bonds is 5. The van der Waals surface area contributed by atoms with Crippen LogP contribution in [0.2, 0.25) is 0 Å². The van der Waals surface area contributed by atoms with Gasteiger partial charge in [0.2, 0.25) is 6.04 Å². The smallest absolute Gasteiger partial charge is 0.340 e. The maximum atomic E-state index is 11.3. The highest BCUT2D eigenvalue weighted by molar-refractivity contribution is 8.00. The van der Waals surface area contributed by atoms with E-state index in [1.165, 1.54) is 0 Å². The Balaban J connectivity index is 1.65. The Morgan fingerprint density at radius 3 is 2.63 bits per heavy atom. The lowest BCUT2D eigenvalue weighted by atomic mass is 10.2. The lowest BCUT2D eigenvalue weighted by molar-refractivity contribution is -0.153. The summed E-state index contributed by atoms with van der Waals surface area (Å²) in [7, 11) is 1.98. The van der Waals surface area contributed by atoms with Gasteiger partial charge in [-0.1, -0.05) is 29.1 Å². The van der Waals surface area contributed by atoms with Crippen molar-refractivity contribution in [3.05, 3.63) is 42.5 Å². The van der Waals surface area contributed by atoms with Crippen molar-refractivity contribution in [3.63, 3.8) is 0 Å². The summed E-state index contributed by atoms with van der Waals surface area (Å²) in [6.45, 7) is 0. The summed E-state index contributed by atoms with van der Waals surface area (Å²) < 4.78 is 0.908.